The number of nitrogens with zero attached hydrogens (tertiary/aromatic N) is 4. The second-order valence-electron chi connectivity index (χ2n) is 3.26. The minimum atomic E-state index is 0.839. The van der Waals surface area contributed by atoms with Gasteiger partial charge in [0.05, 0.1) is 27.6 Å². The Morgan fingerprint density at radius 2 is 2.17 bits per heavy atom. The molecule has 1 rings (SSSR count). The Bertz CT molecular complexity index is 502. The van der Waals surface area contributed by atoms with Crippen molar-refractivity contribution in [2.75, 3.05) is 7.05 Å². The number of oxime groups is 1. The van der Waals surface area contributed by atoms with Crippen LogP contribution in [-0.2, 0) is 0 Å². The van der Waals surface area contributed by atoms with E-state index in [0.717, 1.165) is 27.6 Å². The van der Waals surface area contributed by atoms with E-state index in [9.17, 15) is 0 Å². The molecule has 1 heterocycles. The van der Waals surface area contributed by atoms with Crippen LogP contribution in [0.25, 0.3) is 0 Å². The van der Waals surface area contributed by atoms with Gasteiger partial charge in [0.2, 0.25) is 0 Å². The molecule has 0 fully saturated rings. The number of rotatable bonds is 5. The maximum absolute atomic E-state index is 8.13. The zero-order chi connectivity index (χ0) is 13.4. The highest BCUT2D eigenvalue weighted by molar-refractivity contribution is 7.14. The Hall–Kier alpha value is -2.02. The molecule has 6 nitrogen and oxygen atoms in total. The molecule has 96 valence electrons. The Morgan fingerprint density at radius 3 is 2.72 bits per heavy atom. The van der Waals surface area contributed by atoms with Crippen LogP contribution in [0.5, 0.6) is 0 Å². The summed E-state index contributed by atoms with van der Waals surface area (Å²) in [5.41, 5.74) is 1.81. The molecule has 0 bridgehead atoms. The summed E-state index contributed by atoms with van der Waals surface area (Å²) in [4.78, 5) is 13.6. The third kappa shape index (κ3) is 4.10. The molecular formula is C11H15N5OS. The first-order chi connectivity index (χ1) is 8.69. The molecule has 1 aromatic rings. The molecule has 0 aliphatic rings. The van der Waals surface area contributed by atoms with Crippen molar-refractivity contribution in [3.63, 3.8) is 0 Å². The van der Waals surface area contributed by atoms with Gasteiger partial charge in [0.15, 0.2) is 0 Å². The van der Waals surface area contributed by atoms with E-state index in [-0.39, 0.29) is 0 Å². The lowest BCUT2D eigenvalue weighted by Gasteiger charge is -1.95. The molecule has 0 saturated heterocycles. The van der Waals surface area contributed by atoms with Gasteiger partial charge in [-0.1, -0.05) is 5.16 Å². The van der Waals surface area contributed by atoms with Crippen LogP contribution >= 0.6 is 11.3 Å². The molecule has 2 N–H and O–H groups in total. The van der Waals surface area contributed by atoms with Crippen molar-refractivity contribution < 1.29 is 5.21 Å². The van der Waals surface area contributed by atoms with Crippen molar-refractivity contribution in [2.24, 2.45) is 15.1 Å². The van der Waals surface area contributed by atoms with Gasteiger partial charge in [-0.05, 0) is 19.9 Å². The van der Waals surface area contributed by atoms with E-state index in [1.54, 1.807) is 30.7 Å². The predicted octanol–water partition coefficient (Wildman–Crippen LogP) is 1.73. The fraction of sp³-hybridized carbons (Fsp3) is 0.273. The Kier molecular flexibility index (Phi) is 5.72. The largest absolute Gasteiger partial charge is 0.410 e. The van der Waals surface area contributed by atoms with Gasteiger partial charge >= 0.3 is 0 Å². The van der Waals surface area contributed by atoms with Crippen LogP contribution in [0.1, 0.15) is 15.6 Å². The zero-order valence-corrected chi connectivity index (χ0v) is 11.3. The van der Waals surface area contributed by atoms with E-state index in [2.05, 4.69) is 25.4 Å². The van der Waals surface area contributed by atoms with Crippen molar-refractivity contribution in [3.8, 4) is 0 Å². The smallest absolute Gasteiger partial charge is 0.133 e. The van der Waals surface area contributed by atoms with E-state index in [0.29, 0.717) is 0 Å². The molecule has 0 aliphatic heterocycles. The number of aromatic nitrogens is 1. The van der Waals surface area contributed by atoms with Gasteiger partial charge in [-0.25, -0.2) is 9.98 Å². The maximum atomic E-state index is 8.13. The third-order valence-electron chi connectivity index (χ3n) is 1.98. The number of allylic oxidation sites excluding steroid dienone is 1. The molecule has 18 heavy (non-hydrogen) atoms. The second-order valence-corrected chi connectivity index (χ2v) is 4.46. The highest BCUT2D eigenvalue weighted by atomic mass is 32.1. The van der Waals surface area contributed by atoms with Crippen LogP contribution in [0.15, 0.2) is 27.4 Å². The Balaban J connectivity index is 2.72. The van der Waals surface area contributed by atoms with E-state index >= 15 is 0 Å². The Morgan fingerprint density at radius 1 is 1.39 bits per heavy atom. The molecule has 0 aliphatic carbocycles. The first-order valence-electron chi connectivity index (χ1n) is 5.20. The van der Waals surface area contributed by atoms with E-state index in [4.69, 9.17) is 5.21 Å². The standard InChI is InChI=1S/C11H15N5OS/c1-8-11(18-9(2)16-8)10(12-3)4-5-13-6-14-7-15-17/h4-7,17H,1-3H3,(H,13,14,15)/b5-4-,12-10+. The van der Waals surface area contributed by atoms with E-state index < -0.39 is 0 Å². The van der Waals surface area contributed by atoms with Crippen molar-refractivity contribution in [2.45, 2.75) is 13.8 Å². The normalized spacial score (nSPS) is 13.2. The molecule has 0 aromatic carbocycles. The lowest BCUT2D eigenvalue weighted by molar-refractivity contribution is 0.320. The second kappa shape index (κ2) is 7.33. The number of hydrogen-bond donors (Lipinski definition) is 2. The van der Waals surface area contributed by atoms with Crippen molar-refractivity contribution in [3.05, 3.63) is 27.9 Å². The molecule has 0 radical (unpaired) electrons. The van der Waals surface area contributed by atoms with Gasteiger partial charge in [-0.3, -0.25) is 4.99 Å². The van der Waals surface area contributed by atoms with Crippen LogP contribution in [0, 0.1) is 13.8 Å². The third-order valence-corrected chi connectivity index (χ3v) is 3.07. The molecule has 0 amide bonds. The van der Waals surface area contributed by atoms with Gasteiger partial charge in [0.1, 0.15) is 6.34 Å². The molecule has 0 spiro atoms. The maximum Gasteiger partial charge on any atom is 0.133 e. The minimum absolute atomic E-state index is 0.839. The van der Waals surface area contributed by atoms with Gasteiger partial charge < -0.3 is 10.5 Å². The fourth-order valence-corrected chi connectivity index (χ4v) is 2.22. The van der Waals surface area contributed by atoms with E-state index in [1.165, 1.54) is 6.34 Å². The number of hydrogen-bond acceptors (Lipinski definition) is 6. The van der Waals surface area contributed by atoms with Crippen LogP contribution in [0.4, 0.5) is 0 Å². The lowest BCUT2D eigenvalue weighted by atomic mass is 10.2. The number of aliphatic imine (C=N–C) groups is 2. The monoisotopic (exact) mass is 265 g/mol. The van der Waals surface area contributed by atoms with E-state index in [1.807, 2.05) is 13.8 Å². The topological polar surface area (TPSA) is 82.2 Å². The summed E-state index contributed by atoms with van der Waals surface area (Å²) in [7, 11) is 1.73. The van der Waals surface area contributed by atoms with Crippen LogP contribution in [-0.4, -0.2) is 35.6 Å². The van der Waals surface area contributed by atoms with Crippen LogP contribution in [0.2, 0.25) is 0 Å². The summed E-state index contributed by atoms with van der Waals surface area (Å²) in [5, 5.41) is 14.5. The quantitative estimate of drug-likeness (QED) is 0.368. The SMILES string of the molecule is C\N=C(/C=C\N=C\N/C=N/O)c1sc(C)nc1C. The fourth-order valence-electron chi connectivity index (χ4n) is 1.29. The van der Waals surface area contributed by atoms with Gasteiger partial charge in [0.25, 0.3) is 0 Å². The number of nitrogens with one attached hydrogen (secondary N) is 1. The van der Waals surface area contributed by atoms with Crippen LogP contribution in [0.3, 0.4) is 0 Å². The predicted molar refractivity (Wildman–Crippen MR) is 75.1 cm³/mol. The minimum Gasteiger partial charge on any atom is -0.410 e. The number of aryl methyl sites for hydroxylation is 2. The molecule has 0 atom stereocenters. The molecule has 0 saturated carbocycles. The zero-order valence-electron chi connectivity index (χ0n) is 10.5. The van der Waals surface area contributed by atoms with Crippen molar-refractivity contribution in [1.29, 1.82) is 0 Å². The lowest BCUT2D eigenvalue weighted by Crippen LogP contribution is -2.06. The van der Waals surface area contributed by atoms with Gasteiger partial charge in [-0.2, -0.15) is 0 Å². The van der Waals surface area contributed by atoms with Crippen molar-refractivity contribution in [1.82, 2.24) is 10.3 Å². The average Bonchev–Trinajstić information content (AvgIpc) is 2.68. The average molecular weight is 265 g/mol. The summed E-state index contributed by atoms with van der Waals surface area (Å²) < 4.78 is 0. The summed E-state index contributed by atoms with van der Waals surface area (Å²) >= 11 is 1.60. The molecule has 1 aromatic heterocycles. The van der Waals surface area contributed by atoms with Gasteiger partial charge in [-0.15, -0.1) is 11.3 Å². The summed E-state index contributed by atoms with van der Waals surface area (Å²) in [6, 6.07) is 0. The van der Waals surface area contributed by atoms with Crippen LogP contribution < -0.4 is 5.32 Å². The highest BCUT2D eigenvalue weighted by Gasteiger charge is 2.08. The summed E-state index contributed by atoms with van der Waals surface area (Å²) in [6.07, 6.45) is 5.92. The first kappa shape index (κ1) is 14.0. The molecular weight excluding hydrogens is 250 g/mol. The summed E-state index contributed by atoms with van der Waals surface area (Å²) in [5.74, 6) is 0. The van der Waals surface area contributed by atoms with Gasteiger partial charge in [0, 0.05) is 13.2 Å². The number of thiazole rings is 1. The van der Waals surface area contributed by atoms with Crippen molar-refractivity contribution >= 4 is 29.7 Å². The first-order valence-corrected chi connectivity index (χ1v) is 6.02. The highest BCUT2D eigenvalue weighted by Crippen LogP contribution is 2.18. The molecule has 7 heteroatoms. The Labute approximate surface area is 110 Å². The summed E-state index contributed by atoms with van der Waals surface area (Å²) in [6.45, 7) is 3.93. The molecule has 0 unspecified atom stereocenters.